The minimum absolute atomic E-state index is 0.00574. The Balaban J connectivity index is 1.82. The molecule has 0 fully saturated rings. The number of sulfonamides is 1. The summed E-state index contributed by atoms with van der Waals surface area (Å²) in [7, 11) is -2.88. The molecule has 2 aromatic carbocycles. The lowest BCUT2D eigenvalue weighted by Gasteiger charge is -2.14. The molecule has 12 heteroatoms. The third-order valence-corrected chi connectivity index (χ3v) is 6.73. The molecule has 1 aliphatic heterocycles. The van der Waals surface area contributed by atoms with Crippen LogP contribution in [0.2, 0.25) is 5.02 Å². The molecule has 0 spiro atoms. The van der Waals surface area contributed by atoms with Crippen LogP contribution in [0, 0.1) is 12.7 Å². The minimum Gasteiger partial charge on any atom is -0.495 e. The summed E-state index contributed by atoms with van der Waals surface area (Å²) in [6.45, 7) is 1.65. The van der Waals surface area contributed by atoms with Gasteiger partial charge < -0.3 is 10.1 Å². The fourth-order valence-corrected chi connectivity index (χ4v) is 4.93. The van der Waals surface area contributed by atoms with Crippen LogP contribution in [0.25, 0.3) is 11.1 Å². The quantitative estimate of drug-likeness (QED) is 0.558. The highest BCUT2D eigenvalue weighted by Crippen LogP contribution is 2.37. The minimum atomic E-state index is -4.20. The second kappa shape index (κ2) is 8.49. The smallest absolute Gasteiger partial charge is 0.265 e. The first-order valence-electron chi connectivity index (χ1n) is 9.69. The Kier molecular flexibility index (Phi) is 5.85. The number of nitrogens with one attached hydrogen (secondary N) is 2. The van der Waals surface area contributed by atoms with Crippen LogP contribution < -0.4 is 14.8 Å². The lowest BCUT2D eigenvalue weighted by Crippen LogP contribution is -2.15. The molecule has 1 amide bonds. The molecular weight excluding hydrogens is 475 g/mol. The Morgan fingerprint density at radius 3 is 2.64 bits per heavy atom. The van der Waals surface area contributed by atoms with Crippen molar-refractivity contribution >= 4 is 44.9 Å². The highest BCUT2D eigenvalue weighted by Gasteiger charge is 2.28. The Bertz CT molecular complexity index is 1400. The van der Waals surface area contributed by atoms with E-state index < -0.39 is 15.8 Å². The van der Waals surface area contributed by atoms with Crippen molar-refractivity contribution in [3.05, 3.63) is 52.9 Å². The van der Waals surface area contributed by atoms with Crippen molar-refractivity contribution in [1.29, 1.82) is 0 Å². The molecule has 4 rings (SSSR count). The molecule has 2 N–H and O–H groups in total. The number of halogens is 2. The van der Waals surface area contributed by atoms with Crippen molar-refractivity contribution < 1.29 is 27.1 Å². The molecule has 3 aromatic rings. The maximum Gasteiger partial charge on any atom is 0.265 e. The third-order valence-electron chi connectivity index (χ3n) is 5.03. The highest BCUT2D eigenvalue weighted by atomic mass is 35.5. The monoisotopic (exact) mass is 492 g/mol. The van der Waals surface area contributed by atoms with E-state index in [1.165, 1.54) is 25.3 Å². The van der Waals surface area contributed by atoms with Gasteiger partial charge in [0.2, 0.25) is 11.8 Å². The summed E-state index contributed by atoms with van der Waals surface area (Å²) >= 11 is 5.76. The van der Waals surface area contributed by atoms with Crippen LogP contribution in [0.5, 0.6) is 5.75 Å². The Morgan fingerprint density at radius 2 is 1.94 bits per heavy atom. The van der Waals surface area contributed by atoms with Gasteiger partial charge in [-0.3, -0.25) is 14.3 Å². The van der Waals surface area contributed by atoms with Crippen LogP contribution in [0.15, 0.2) is 41.3 Å². The molecule has 0 radical (unpaired) electrons. The molecule has 0 aliphatic carbocycles. The Labute approximate surface area is 193 Å². The number of amides is 1. The molecule has 1 aromatic heterocycles. The predicted molar refractivity (Wildman–Crippen MR) is 120 cm³/mol. The van der Waals surface area contributed by atoms with E-state index in [9.17, 15) is 22.4 Å². The molecule has 1 aliphatic rings. The van der Waals surface area contributed by atoms with Gasteiger partial charge in [0.25, 0.3) is 10.0 Å². The summed E-state index contributed by atoms with van der Waals surface area (Å²) in [5.74, 6) is -1.16. The number of ether oxygens (including phenoxy) is 1. The largest absolute Gasteiger partial charge is 0.495 e. The number of benzene rings is 2. The van der Waals surface area contributed by atoms with Crippen molar-refractivity contribution in [3.63, 3.8) is 0 Å². The molecule has 33 heavy (non-hydrogen) atoms. The van der Waals surface area contributed by atoms with Crippen LogP contribution in [-0.2, 0) is 14.8 Å². The van der Waals surface area contributed by atoms with Crippen LogP contribution in [0.1, 0.15) is 23.3 Å². The summed E-state index contributed by atoms with van der Waals surface area (Å²) in [5, 5.41) is 6.66. The van der Waals surface area contributed by atoms with E-state index in [2.05, 4.69) is 15.1 Å². The number of fused-ring (bicyclic) bond motifs is 1. The number of methoxy groups -OCH3 is 1. The lowest BCUT2D eigenvalue weighted by molar-refractivity contribution is -0.116. The van der Waals surface area contributed by atoms with E-state index in [1.54, 1.807) is 13.0 Å². The number of rotatable bonds is 5. The maximum atomic E-state index is 13.5. The van der Waals surface area contributed by atoms with Crippen LogP contribution in [0.4, 0.5) is 15.9 Å². The molecule has 0 unspecified atom stereocenters. The zero-order chi connectivity index (χ0) is 23.9. The van der Waals surface area contributed by atoms with Gasteiger partial charge in [0.15, 0.2) is 0 Å². The number of hydrogen-bond donors (Lipinski definition) is 2. The van der Waals surface area contributed by atoms with E-state index in [4.69, 9.17) is 16.3 Å². The van der Waals surface area contributed by atoms with Gasteiger partial charge in [-0.05, 0) is 42.8 Å². The van der Waals surface area contributed by atoms with Crippen molar-refractivity contribution in [2.45, 2.75) is 24.7 Å². The van der Waals surface area contributed by atoms with Crippen LogP contribution in [0.3, 0.4) is 0 Å². The van der Waals surface area contributed by atoms with Crippen LogP contribution in [-0.4, -0.2) is 37.1 Å². The number of aromatic nitrogens is 2. The average molecular weight is 493 g/mol. The van der Waals surface area contributed by atoms with Crippen molar-refractivity contribution in [1.82, 2.24) is 9.78 Å². The Hall–Kier alpha value is -3.44. The Morgan fingerprint density at radius 1 is 1.18 bits per heavy atom. The van der Waals surface area contributed by atoms with Crippen molar-refractivity contribution in [2.24, 2.45) is 0 Å². The van der Waals surface area contributed by atoms with E-state index in [0.29, 0.717) is 16.8 Å². The van der Waals surface area contributed by atoms with Gasteiger partial charge in [0.1, 0.15) is 22.3 Å². The van der Waals surface area contributed by atoms with E-state index >= 15 is 0 Å². The van der Waals surface area contributed by atoms with Gasteiger partial charge in [0, 0.05) is 18.4 Å². The van der Waals surface area contributed by atoms with Gasteiger partial charge in [-0.1, -0.05) is 17.7 Å². The molecule has 9 nitrogen and oxygen atoms in total. The summed E-state index contributed by atoms with van der Waals surface area (Å²) in [6.07, 6.45) is 0.0266. The lowest BCUT2D eigenvalue weighted by atomic mass is 10.1. The molecule has 0 saturated carbocycles. The fraction of sp³-hybridized carbons (Fsp3) is 0.190. The molecule has 0 saturated heterocycles. The summed E-state index contributed by atoms with van der Waals surface area (Å²) in [4.78, 5) is 24.3. The van der Waals surface area contributed by atoms with E-state index in [-0.39, 0.29) is 51.8 Å². The standard InChI is InChI=1S/C21H18ClFN4O5S/c1-11-20(21-24-18(28)7-8-19(29)27(21)25-11)12-3-6-16(32-2)17(9-12)33(30,31)26-13-4-5-15(23)14(22)10-13/h3-6,9-10,26H,7-8H2,1-2H3,(H,24,28). The van der Waals surface area contributed by atoms with Crippen molar-refractivity contribution in [3.8, 4) is 16.9 Å². The molecular formula is C21H18ClFN4O5S. The summed E-state index contributed by atoms with van der Waals surface area (Å²) < 4.78 is 48.5. The van der Waals surface area contributed by atoms with Gasteiger partial charge in [-0.2, -0.15) is 9.78 Å². The van der Waals surface area contributed by atoms with Gasteiger partial charge in [-0.15, -0.1) is 0 Å². The third kappa shape index (κ3) is 4.29. The number of aryl methyl sites for hydroxylation is 1. The number of hydrogen-bond acceptors (Lipinski definition) is 6. The summed E-state index contributed by atoms with van der Waals surface area (Å²) in [5.41, 5.74) is 1.28. The zero-order valence-electron chi connectivity index (χ0n) is 17.5. The maximum absolute atomic E-state index is 13.5. The normalized spacial score (nSPS) is 13.8. The summed E-state index contributed by atoms with van der Waals surface area (Å²) in [6, 6.07) is 7.81. The second-order valence-electron chi connectivity index (χ2n) is 7.26. The number of anilines is 2. The zero-order valence-corrected chi connectivity index (χ0v) is 19.1. The van der Waals surface area contributed by atoms with Crippen LogP contribution >= 0.6 is 11.6 Å². The number of nitrogens with zero attached hydrogens (tertiary/aromatic N) is 2. The first kappa shape index (κ1) is 22.7. The molecule has 0 bridgehead atoms. The molecule has 172 valence electrons. The highest BCUT2D eigenvalue weighted by molar-refractivity contribution is 7.92. The molecule has 2 heterocycles. The van der Waals surface area contributed by atoms with Gasteiger partial charge >= 0.3 is 0 Å². The molecule has 0 atom stereocenters. The van der Waals surface area contributed by atoms with Crippen molar-refractivity contribution in [2.75, 3.05) is 17.1 Å². The average Bonchev–Trinajstić information content (AvgIpc) is 3.02. The first-order valence-corrected chi connectivity index (χ1v) is 11.6. The van der Waals surface area contributed by atoms with E-state index in [0.717, 1.165) is 16.8 Å². The predicted octanol–water partition coefficient (Wildman–Crippen LogP) is 3.83. The first-order chi connectivity index (χ1) is 15.6. The number of carbonyl (C=O) groups excluding carboxylic acids is 2. The van der Waals surface area contributed by atoms with Gasteiger partial charge in [0.05, 0.1) is 23.5 Å². The fourth-order valence-electron chi connectivity index (χ4n) is 3.50. The second-order valence-corrected chi connectivity index (χ2v) is 9.32. The van der Waals surface area contributed by atoms with E-state index in [1.807, 2.05) is 0 Å². The number of carbonyl (C=O) groups is 2. The topological polar surface area (TPSA) is 119 Å². The van der Waals surface area contributed by atoms with Gasteiger partial charge in [-0.25, -0.2) is 12.8 Å². The SMILES string of the molecule is COc1ccc(-c2c(C)nn3c2NC(=O)CCC3=O)cc1S(=O)(=O)Nc1ccc(F)c(Cl)c1.